The maximum absolute atomic E-state index is 13.3. The average molecular weight is 372 g/mol. The first kappa shape index (κ1) is 19.2. The van der Waals surface area contributed by atoms with Crippen molar-refractivity contribution in [1.82, 2.24) is 15.5 Å². The van der Waals surface area contributed by atoms with E-state index in [0.29, 0.717) is 24.4 Å². The molecular weight excluding hydrogens is 347 g/mol. The van der Waals surface area contributed by atoms with Gasteiger partial charge in [-0.05, 0) is 43.5 Å². The topological polar surface area (TPSA) is 67.3 Å². The van der Waals surface area contributed by atoms with Crippen LogP contribution in [0.4, 0.5) is 10.2 Å². The molecule has 1 aromatic carbocycles. The zero-order valence-electron chi connectivity index (χ0n) is 15.5. The van der Waals surface area contributed by atoms with Gasteiger partial charge in [-0.1, -0.05) is 12.1 Å². The van der Waals surface area contributed by atoms with Crippen molar-refractivity contribution in [2.24, 2.45) is 5.92 Å². The summed E-state index contributed by atoms with van der Waals surface area (Å²) in [7, 11) is 1.66. The van der Waals surface area contributed by atoms with Crippen molar-refractivity contribution >= 4 is 11.7 Å². The van der Waals surface area contributed by atoms with Crippen molar-refractivity contribution in [2.75, 3.05) is 38.3 Å². The highest BCUT2D eigenvalue weighted by atomic mass is 19.1. The molecule has 2 heterocycles. The minimum atomic E-state index is -0.291. The van der Waals surface area contributed by atoms with E-state index in [9.17, 15) is 9.18 Å². The van der Waals surface area contributed by atoms with Gasteiger partial charge in [0.2, 0.25) is 5.91 Å². The Morgan fingerprint density at radius 3 is 2.74 bits per heavy atom. The maximum Gasteiger partial charge on any atom is 0.223 e. The maximum atomic E-state index is 13.3. The van der Waals surface area contributed by atoms with Gasteiger partial charge in [0.05, 0.1) is 5.69 Å². The Kier molecular flexibility index (Phi) is 6.70. The number of piperidine rings is 1. The van der Waals surface area contributed by atoms with Gasteiger partial charge in [-0.15, -0.1) is 10.2 Å². The first-order valence-electron chi connectivity index (χ1n) is 9.28. The highest BCUT2D eigenvalue weighted by Gasteiger charge is 2.25. The van der Waals surface area contributed by atoms with Crippen LogP contribution in [0.3, 0.4) is 0 Å². The van der Waals surface area contributed by atoms with E-state index in [-0.39, 0.29) is 17.6 Å². The molecule has 1 saturated heterocycles. The van der Waals surface area contributed by atoms with Crippen molar-refractivity contribution in [1.29, 1.82) is 0 Å². The molecule has 1 amide bonds. The standard InChI is InChI=1S/C20H25FN4O2/c1-27-13-3-10-22-20(26)15-8-11-25(12-9-15)19-7-6-18(23-24-19)16-4-2-5-17(21)14-16/h2,4-7,14-15H,3,8-13H2,1H3,(H,22,26). The Balaban J connectivity index is 1.51. The molecule has 0 bridgehead atoms. The third-order valence-corrected chi connectivity index (χ3v) is 4.79. The fraction of sp³-hybridized carbons (Fsp3) is 0.450. The predicted octanol–water partition coefficient (Wildman–Crippen LogP) is 2.65. The summed E-state index contributed by atoms with van der Waals surface area (Å²) in [6.07, 6.45) is 2.42. The van der Waals surface area contributed by atoms with Gasteiger partial charge < -0.3 is 15.0 Å². The molecule has 0 aliphatic carbocycles. The number of aromatic nitrogens is 2. The number of carbonyl (C=O) groups excluding carboxylic acids is 1. The molecular formula is C20H25FN4O2. The summed E-state index contributed by atoms with van der Waals surface area (Å²) < 4.78 is 18.3. The summed E-state index contributed by atoms with van der Waals surface area (Å²) in [5.74, 6) is 0.664. The quantitative estimate of drug-likeness (QED) is 0.757. The average Bonchev–Trinajstić information content (AvgIpc) is 2.71. The van der Waals surface area contributed by atoms with Gasteiger partial charge in [-0.2, -0.15) is 0 Å². The third-order valence-electron chi connectivity index (χ3n) is 4.79. The summed E-state index contributed by atoms with van der Waals surface area (Å²) in [5.41, 5.74) is 1.35. The smallest absolute Gasteiger partial charge is 0.223 e. The molecule has 1 aliphatic rings. The van der Waals surface area contributed by atoms with Gasteiger partial charge in [0.15, 0.2) is 5.82 Å². The van der Waals surface area contributed by atoms with Crippen LogP contribution in [-0.4, -0.2) is 49.5 Å². The Hall–Kier alpha value is -2.54. The zero-order valence-corrected chi connectivity index (χ0v) is 15.5. The van der Waals surface area contributed by atoms with E-state index in [2.05, 4.69) is 20.4 Å². The molecule has 3 rings (SSSR count). The number of amides is 1. The number of hydrogen-bond donors (Lipinski definition) is 1. The molecule has 1 fully saturated rings. The fourth-order valence-corrected chi connectivity index (χ4v) is 3.24. The molecule has 0 spiro atoms. The van der Waals surface area contributed by atoms with Gasteiger partial charge in [0.25, 0.3) is 0 Å². The molecule has 7 heteroatoms. The van der Waals surface area contributed by atoms with Crippen LogP contribution in [0.2, 0.25) is 0 Å². The number of anilines is 1. The summed E-state index contributed by atoms with van der Waals surface area (Å²) >= 11 is 0. The summed E-state index contributed by atoms with van der Waals surface area (Å²) in [6, 6.07) is 10.1. The molecule has 6 nitrogen and oxygen atoms in total. The van der Waals surface area contributed by atoms with E-state index in [4.69, 9.17) is 4.74 Å². The largest absolute Gasteiger partial charge is 0.385 e. The van der Waals surface area contributed by atoms with Gasteiger partial charge in [-0.25, -0.2) is 4.39 Å². The molecule has 0 atom stereocenters. The van der Waals surface area contributed by atoms with Crippen molar-refractivity contribution in [3.8, 4) is 11.3 Å². The van der Waals surface area contributed by atoms with E-state index in [1.165, 1.54) is 12.1 Å². The number of carbonyl (C=O) groups is 1. The second kappa shape index (κ2) is 9.41. The van der Waals surface area contributed by atoms with Crippen LogP contribution < -0.4 is 10.2 Å². The normalized spacial score (nSPS) is 15.0. The first-order valence-corrected chi connectivity index (χ1v) is 9.28. The number of ether oxygens (including phenoxy) is 1. The lowest BCUT2D eigenvalue weighted by Crippen LogP contribution is -2.41. The Bertz CT molecular complexity index is 746. The Morgan fingerprint density at radius 1 is 1.26 bits per heavy atom. The molecule has 1 aromatic heterocycles. The van der Waals surface area contributed by atoms with Crippen LogP contribution in [0, 0.1) is 11.7 Å². The van der Waals surface area contributed by atoms with E-state index >= 15 is 0 Å². The number of nitrogens with one attached hydrogen (secondary N) is 1. The molecule has 2 aromatic rings. The zero-order chi connectivity index (χ0) is 19.1. The van der Waals surface area contributed by atoms with E-state index in [1.807, 2.05) is 18.2 Å². The van der Waals surface area contributed by atoms with Crippen LogP contribution in [-0.2, 0) is 9.53 Å². The third kappa shape index (κ3) is 5.23. The Labute approximate surface area is 158 Å². The van der Waals surface area contributed by atoms with Gasteiger partial charge in [0, 0.05) is 44.8 Å². The molecule has 0 radical (unpaired) electrons. The first-order chi connectivity index (χ1) is 13.2. The number of nitrogens with zero attached hydrogens (tertiary/aromatic N) is 3. The molecule has 0 unspecified atom stereocenters. The second-order valence-corrected chi connectivity index (χ2v) is 6.69. The summed E-state index contributed by atoms with van der Waals surface area (Å²) in [5, 5.41) is 11.5. The lowest BCUT2D eigenvalue weighted by molar-refractivity contribution is -0.125. The van der Waals surface area contributed by atoms with Crippen LogP contribution in [0.25, 0.3) is 11.3 Å². The number of rotatable bonds is 7. The van der Waals surface area contributed by atoms with Crippen LogP contribution >= 0.6 is 0 Å². The summed E-state index contributed by atoms with van der Waals surface area (Å²) in [6.45, 7) is 2.84. The molecule has 144 valence electrons. The summed E-state index contributed by atoms with van der Waals surface area (Å²) in [4.78, 5) is 14.3. The molecule has 1 N–H and O–H groups in total. The second-order valence-electron chi connectivity index (χ2n) is 6.69. The van der Waals surface area contributed by atoms with Crippen LogP contribution in [0.15, 0.2) is 36.4 Å². The van der Waals surface area contributed by atoms with Crippen molar-refractivity contribution in [3.05, 3.63) is 42.2 Å². The highest BCUT2D eigenvalue weighted by Crippen LogP contribution is 2.23. The minimum Gasteiger partial charge on any atom is -0.385 e. The van der Waals surface area contributed by atoms with Gasteiger partial charge in [-0.3, -0.25) is 4.79 Å². The molecule has 1 aliphatic heterocycles. The fourth-order valence-electron chi connectivity index (χ4n) is 3.24. The van der Waals surface area contributed by atoms with Crippen LogP contribution in [0.5, 0.6) is 0 Å². The molecule has 27 heavy (non-hydrogen) atoms. The predicted molar refractivity (Wildman–Crippen MR) is 102 cm³/mol. The van der Waals surface area contributed by atoms with Crippen molar-refractivity contribution in [3.63, 3.8) is 0 Å². The lowest BCUT2D eigenvalue weighted by atomic mass is 9.96. The van der Waals surface area contributed by atoms with Gasteiger partial charge in [0.1, 0.15) is 5.82 Å². The van der Waals surface area contributed by atoms with E-state index in [1.54, 1.807) is 13.2 Å². The molecule has 0 saturated carbocycles. The number of methoxy groups -OCH3 is 1. The number of hydrogen-bond acceptors (Lipinski definition) is 5. The van der Waals surface area contributed by atoms with Crippen LogP contribution in [0.1, 0.15) is 19.3 Å². The lowest BCUT2D eigenvalue weighted by Gasteiger charge is -2.31. The monoisotopic (exact) mass is 372 g/mol. The van der Waals surface area contributed by atoms with Gasteiger partial charge >= 0.3 is 0 Å². The van der Waals surface area contributed by atoms with E-state index < -0.39 is 0 Å². The SMILES string of the molecule is COCCCNC(=O)C1CCN(c2ccc(-c3cccc(F)c3)nn2)CC1. The Morgan fingerprint density at radius 2 is 2.07 bits per heavy atom. The highest BCUT2D eigenvalue weighted by molar-refractivity contribution is 5.78. The van der Waals surface area contributed by atoms with Crippen molar-refractivity contribution in [2.45, 2.75) is 19.3 Å². The van der Waals surface area contributed by atoms with E-state index in [0.717, 1.165) is 38.2 Å². The number of halogens is 1. The number of benzene rings is 1. The van der Waals surface area contributed by atoms with Crippen molar-refractivity contribution < 1.29 is 13.9 Å². The minimum absolute atomic E-state index is 0.0447.